The van der Waals surface area contributed by atoms with Gasteiger partial charge in [-0.25, -0.2) is 13.4 Å². The number of benzene rings is 2. The molecule has 4 rings (SSSR count). The fraction of sp³-hybridized carbons (Fsp3) is 0.208. The molecule has 2 heterocycles. The predicted octanol–water partition coefficient (Wildman–Crippen LogP) is 4.24. The highest BCUT2D eigenvalue weighted by molar-refractivity contribution is 7.91. The molecule has 0 bridgehead atoms. The number of carbonyl (C=O) groups excluding carboxylic acids is 1. The third-order valence-electron chi connectivity index (χ3n) is 4.83. The summed E-state index contributed by atoms with van der Waals surface area (Å²) in [5.74, 6) is -0.616. The van der Waals surface area contributed by atoms with E-state index in [0.717, 1.165) is 21.5 Å². The fourth-order valence-electron chi connectivity index (χ4n) is 3.35. The molecule has 0 saturated heterocycles. The molecule has 0 spiro atoms. The molecule has 1 amide bonds. The highest BCUT2D eigenvalue weighted by atomic mass is 32.2. The highest BCUT2D eigenvalue weighted by Gasteiger charge is 2.26. The monoisotopic (exact) mass is 481 g/mol. The number of pyridine rings is 1. The fourth-order valence-corrected chi connectivity index (χ4v) is 5.69. The number of rotatable bonds is 9. The van der Waals surface area contributed by atoms with Crippen molar-refractivity contribution in [2.75, 3.05) is 17.3 Å². The molecule has 0 radical (unpaired) electrons. The Hall–Kier alpha value is -3.30. The zero-order valence-corrected chi connectivity index (χ0v) is 19.7. The van der Waals surface area contributed by atoms with Crippen LogP contribution in [-0.4, -0.2) is 36.7 Å². The van der Waals surface area contributed by atoms with E-state index in [-0.39, 0.29) is 12.3 Å². The molecular formula is C24H23N3O4S2. The van der Waals surface area contributed by atoms with Crippen LogP contribution in [0.3, 0.4) is 0 Å². The van der Waals surface area contributed by atoms with Gasteiger partial charge in [-0.3, -0.25) is 14.7 Å². The van der Waals surface area contributed by atoms with Gasteiger partial charge in [0.1, 0.15) is 11.5 Å². The number of hydrogen-bond donors (Lipinski definition) is 0. The zero-order chi connectivity index (χ0) is 23.3. The molecule has 0 saturated carbocycles. The number of amides is 1. The van der Waals surface area contributed by atoms with Crippen LogP contribution < -0.4 is 9.64 Å². The maximum Gasteiger partial charge on any atom is 0.244 e. The number of ether oxygens (including phenoxy) is 1. The number of nitrogens with zero attached hydrogens (tertiary/aromatic N) is 3. The second-order valence-electron chi connectivity index (χ2n) is 7.42. The third kappa shape index (κ3) is 5.94. The van der Waals surface area contributed by atoms with Crippen LogP contribution in [0.15, 0.2) is 73.1 Å². The SMILES string of the molecule is CCOc1ccc2nc(N(Cc3cccnc3)C(=O)CS(=O)(=O)Cc3ccccc3)sc2c1. The molecule has 0 aliphatic heterocycles. The van der Waals surface area contributed by atoms with Gasteiger partial charge in [-0.05, 0) is 42.3 Å². The Bertz CT molecular complexity index is 1340. The van der Waals surface area contributed by atoms with Crippen molar-refractivity contribution in [3.05, 3.63) is 84.2 Å². The lowest BCUT2D eigenvalue weighted by Gasteiger charge is -2.20. The van der Waals surface area contributed by atoms with E-state index in [0.29, 0.717) is 17.3 Å². The van der Waals surface area contributed by atoms with E-state index in [4.69, 9.17) is 4.74 Å². The van der Waals surface area contributed by atoms with E-state index in [1.807, 2.05) is 37.3 Å². The summed E-state index contributed by atoms with van der Waals surface area (Å²) in [7, 11) is -3.67. The first-order valence-corrected chi connectivity index (χ1v) is 13.0. The number of hydrogen-bond acceptors (Lipinski definition) is 7. The molecule has 170 valence electrons. The van der Waals surface area contributed by atoms with E-state index in [9.17, 15) is 13.2 Å². The lowest BCUT2D eigenvalue weighted by molar-refractivity contribution is -0.116. The summed E-state index contributed by atoms with van der Waals surface area (Å²) in [6.07, 6.45) is 3.30. The quantitative estimate of drug-likeness (QED) is 0.355. The minimum atomic E-state index is -3.67. The second kappa shape index (κ2) is 10.1. The minimum absolute atomic E-state index is 0.172. The van der Waals surface area contributed by atoms with Gasteiger partial charge in [-0.1, -0.05) is 47.7 Å². The van der Waals surface area contributed by atoms with Crippen molar-refractivity contribution in [3.8, 4) is 5.75 Å². The highest BCUT2D eigenvalue weighted by Crippen LogP contribution is 2.32. The van der Waals surface area contributed by atoms with Crippen LogP contribution >= 0.6 is 11.3 Å². The molecule has 0 aliphatic carbocycles. The summed E-state index contributed by atoms with van der Waals surface area (Å²) in [6.45, 7) is 2.63. The van der Waals surface area contributed by atoms with Gasteiger partial charge in [0.25, 0.3) is 0 Å². The van der Waals surface area contributed by atoms with Crippen LogP contribution in [-0.2, 0) is 26.9 Å². The molecule has 0 N–H and O–H groups in total. The average molecular weight is 482 g/mol. The van der Waals surface area contributed by atoms with Gasteiger partial charge in [-0.2, -0.15) is 0 Å². The second-order valence-corrected chi connectivity index (χ2v) is 10.5. The van der Waals surface area contributed by atoms with Crippen molar-refractivity contribution in [1.82, 2.24) is 9.97 Å². The summed E-state index contributed by atoms with van der Waals surface area (Å²) in [4.78, 5) is 23.4. The van der Waals surface area contributed by atoms with Gasteiger partial charge in [0, 0.05) is 12.4 Å². The van der Waals surface area contributed by atoms with Crippen molar-refractivity contribution < 1.29 is 17.9 Å². The first-order chi connectivity index (χ1) is 15.9. The van der Waals surface area contributed by atoms with Crippen molar-refractivity contribution in [2.24, 2.45) is 0 Å². The maximum atomic E-state index is 13.3. The Morgan fingerprint density at radius 2 is 1.85 bits per heavy atom. The molecule has 0 unspecified atom stereocenters. The van der Waals surface area contributed by atoms with E-state index in [1.54, 1.807) is 42.7 Å². The molecule has 0 atom stereocenters. The Morgan fingerprint density at radius 3 is 2.58 bits per heavy atom. The number of carbonyl (C=O) groups is 1. The molecule has 4 aromatic rings. The van der Waals surface area contributed by atoms with Crippen LogP contribution in [0.2, 0.25) is 0 Å². The predicted molar refractivity (Wildman–Crippen MR) is 130 cm³/mol. The number of thiazole rings is 1. The van der Waals surface area contributed by atoms with Gasteiger partial charge >= 0.3 is 0 Å². The first kappa shape index (κ1) is 22.9. The standard InChI is InChI=1S/C24H23N3O4S2/c1-2-31-20-10-11-21-22(13-20)32-24(26-21)27(15-19-9-6-12-25-14-19)23(28)17-33(29,30)16-18-7-4-3-5-8-18/h3-14H,2,15-17H2,1H3. The van der Waals surface area contributed by atoms with Crippen molar-refractivity contribution in [3.63, 3.8) is 0 Å². The van der Waals surface area contributed by atoms with E-state index < -0.39 is 21.5 Å². The summed E-state index contributed by atoms with van der Waals surface area (Å²) >= 11 is 1.32. The van der Waals surface area contributed by atoms with E-state index in [2.05, 4.69) is 9.97 Å². The van der Waals surface area contributed by atoms with Crippen molar-refractivity contribution in [1.29, 1.82) is 0 Å². The molecule has 2 aromatic carbocycles. The molecular weight excluding hydrogens is 458 g/mol. The van der Waals surface area contributed by atoms with Crippen LogP contribution in [0.4, 0.5) is 5.13 Å². The average Bonchev–Trinajstić information content (AvgIpc) is 3.21. The Kier molecular flexibility index (Phi) is 7.00. The molecule has 9 heteroatoms. The lowest BCUT2D eigenvalue weighted by atomic mass is 10.2. The third-order valence-corrected chi connectivity index (χ3v) is 7.33. The molecule has 7 nitrogen and oxygen atoms in total. The van der Waals surface area contributed by atoms with E-state index >= 15 is 0 Å². The lowest BCUT2D eigenvalue weighted by Crippen LogP contribution is -2.35. The summed E-state index contributed by atoms with van der Waals surface area (Å²) in [5, 5.41) is 0.433. The smallest absolute Gasteiger partial charge is 0.244 e. The van der Waals surface area contributed by atoms with Gasteiger partial charge in [0.15, 0.2) is 15.0 Å². The molecule has 33 heavy (non-hydrogen) atoms. The molecule has 0 aliphatic rings. The Morgan fingerprint density at radius 1 is 1.06 bits per heavy atom. The first-order valence-electron chi connectivity index (χ1n) is 10.4. The van der Waals surface area contributed by atoms with Crippen molar-refractivity contribution in [2.45, 2.75) is 19.2 Å². The number of aromatic nitrogens is 2. The Labute approximate surface area is 196 Å². The zero-order valence-electron chi connectivity index (χ0n) is 18.0. The molecule has 0 fully saturated rings. The molecule has 2 aromatic heterocycles. The minimum Gasteiger partial charge on any atom is -0.494 e. The van der Waals surface area contributed by atoms with Crippen molar-refractivity contribution >= 4 is 42.4 Å². The Balaban J connectivity index is 1.63. The number of fused-ring (bicyclic) bond motifs is 1. The number of sulfone groups is 1. The maximum absolute atomic E-state index is 13.3. The van der Waals surface area contributed by atoms with Gasteiger partial charge < -0.3 is 4.74 Å². The summed E-state index contributed by atoms with van der Waals surface area (Å²) in [6, 6.07) is 18.0. The largest absolute Gasteiger partial charge is 0.494 e. The van der Waals surface area contributed by atoms with Gasteiger partial charge in [0.2, 0.25) is 5.91 Å². The van der Waals surface area contributed by atoms with Crippen LogP contribution in [0.25, 0.3) is 10.2 Å². The summed E-state index contributed by atoms with van der Waals surface area (Å²) in [5.41, 5.74) is 2.14. The number of anilines is 1. The summed E-state index contributed by atoms with van der Waals surface area (Å²) < 4.78 is 32.0. The topological polar surface area (TPSA) is 89.5 Å². The van der Waals surface area contributed by atoms with Gasteiger partial charge in [-0.15, -0.1) is 0 Å². The van der Waals surface area contributed by atoms with E-state index in [1.165, 1.54) is 16.2 Å². The normalized spacial score (nSPS) is 11.4. The van der Waals surface area contributed by atoms with Crippen LogP contribution in [0.1, 0.15) is 18.1 Å². The van der Waals surface area contributed by atoms with Crippen LogP contribution in [0.5, 0.6) is 5.75 Å². The van der Waals surface area contributed by atoms with Gasteiger partial charge in [0.05, 0.1) is 29.1 Å². The van der Waals surface area contributed by atoms with Crippen LogP contribution in [0, 0.1) is 0 Å².